The molecule has 0 saturated heterocycles. The first-order valence-electron chi connectivity index (χ1n) is 9.88. The summed E-state index contributed by atoms with van der Waals surface area (Å²) in [6.07, 6.45) is 9.25. The molecule has 0 heterocycles. The van der Waals surface area contributed by atoms with Crippen LogP contribution in [0, 0.1) is 22.5 Å². The number of ether oxygens (including phenoxy) is 1. The molecule has 158 valence electrons. The molecule has 0 amide bonds. The number of nitrogens with zero attached hydrogens (tertiary/aromatic N) is 1. The van der Waals surface area contributed by atoms with Crippen LogP contribution in [0.1, 0.15) is 58.8 Å². The van der Waals surface area contributed by atoms with Gasteiger partial charge >= 0.3 is 11.5 Å². The average molecular weight is 419 g/mol. The lowest BCUT2D eigenvalue weighted by Crippen LogP contribution is -2.34. The van der Waals surface area contributed by atoms with Crippen molar-refractivity contribution < 1.29 is 22.7 Å². The van der Waals surface area contributed by atoms with Gasteiger partial charge in [-0.2, -0.15) is 13.2 Å². The van der Waals surface area contributed by atoms with Gasteiger partial charge in [0.25, 0.3) is 0 Å². The number of hydroxylamine groups is 1. The Kier molecular flexibility index (Phi) is 6.51. The summed E-state index contributed by atoms with van der Waals surface area (Å²) in [6.45, 7) is 3.92. The Morgan fingerprint density at radius 3 is 2.64 bits per heavy atom. The molecule has 4 nitrogen and oxygen atoms in total. The van der Waals surface area contributed by atoms with E-state index in [1.165, 1.54) is 11.1 Å². The molecule has 0 aliphatic heterocycles. The van der Waals surface area contributed by atoms with Crippen LogP contribution in [0.4, 0.5) is 13.2 Å². The Morgan fingerprint density at radius 2 is 2.00 bits per heavy atom. The molecular weight excluding hydrogens is 391 g/mol. The quantitative estimate of drug-likeness (QED) is 0.312. The SMILES string of the molecule is CC1C=C2CC2=CC(C)(C(=O)OC2CCC(CCN([O-])SC(F)(F)F)CC2)C1. The summed E-state index contributed by atoms with van der Waals surface area (Å²) in [7, 11) is 0. The summed E-state index contributed by atoms with van der Waals surface area (Å²) in [5, 5.41) is 11.3. The van der Waals surface area contributed by atoms with Crippen molar-refractivity contribution in [2.75, 3.05) is 6.54 Å². The highest BCUT2D eigenvalue weighted by Gasteiger charge is 2.41. The minimum Gasteiger partial charge on any atom is -0.775 e. The number of esters is 1. The smallest absolute Gasteiger partial charge is 0.455 e. The first kappa shape index (κ1) is 21.7. The van der Waals surface area contributed by atoms with E-state index in [-0.39, 0.29) is 29.0 Å². The molecule has 2 atom stereocenters. The number of hydrogen-bond donors (Lipinski definition) is 0. The third-order valence-corrected chi connectivity index (χ3v) is 6.45. The maximum atomic E-state index is 12.8. The first-order chi connectivity index (χ1) is 13.0. The van der Waals surface area contributed by atoms with Crippen LogP contribution >= 0.6 is 11.9 Å². The number of carbonyl (C=O) groups is 1. The van der Waals surface area contributed by atoms with Crippen molar-refractivity contribution in [2.24, 2.45) is 17.3 Å². The molecule has 0 aromatic carbocycles. The van der Waals surface area contributed by atoms with Crippen LogP contribution in [0.5, 0.6) is 0 Å². The van der Waals surface area contributed by atoms with E-state index in [0.29, 0.717) is 25.2 Å². The number of halogens is 3. The summed E-state index contributed by atoms with van der Waals surface area (Å²) in [5.41, 5.74) is -2.53. The molecule has 3 aliphatic rings. The van der Waals surface area contributed by atoms with Crippen LogP contribution in [0.15, 0.2) is 23.3 Å². The van der Waals surface area contributed by atoms with Gasteiger partial charge in [-0.05, 0) is 81.4 Å². The molecule has 0 aromatic rings. The monoisotopic (exact) mass is 418 g/mol. The second-order valence-electron chi connectivity index (χ2n) is 8.57. The van der Waals surface area contributed by atoms with Gasteiger partial charge in [-0.25, -0.2) is 0 Å². The Morgan fingerprint density at radius 1 is 1.32 bits per heavy atom. The Balaban J connectivity index is 1.42. The van der Waals surface area contributed by atoms with E-state index in [1.807, 2.05) is 6.92 Å². The number of carbonyl (C=O) groups excluding carboxylic acids is 1. The fourth-order valence-electron chi connectivity index (χ4n) is 4.40. The molecule has 0 aromatic heterocycles. The van der Waals surface area contributed by atoms with E-state index in [2.05, 4.69) is 19.1 Å². The Bertz CT molecular complexity index is 656. The zero-order valence-corrected chi connectivity index (χ0v) is 17.1. The highest BCUT2D eigenvalue weighted by molar-refractivity contribution is 7.97. The van der Waals surface area contributed by atoms with Crippen molar-refractivity contribution in [1.82, 2.24) is 4.47 Å². The molecule has 28 heavy (non-hydrogen) atoms. The lowest BCUT2D eigenvalue weighted by atomic mass is 9.81. The maximum absolute atomic E-state index is 12.8. The molecule has 2 fully saturated rings. The van der Waals surface area contributed by atoms with Crippen molar-refractivity contribution in [3.63, 3.8) is 0 Å². The number of alkyl halides is 3. The van der Waals surface area contributed by atoms with E-state index in [9.17, 15) is 23.2 Å². The minimum absolute atomic E-state index is 0.00779. The Labute approximate surface area is 168 Å². The molecule has 3 aliphatic carbocycles. The van der Waals surface area contributed by atoms with Crippen LogP contribution in [0.2, 0.25) is 0 Å². The van der Waals surface area contributed by atoms with Crippen LogP contribution < -0.4 is 0 Å². The van der Waals surface area contributed by atoms with Crippen molar-refractivity contribution >= 4 is 17.9 Å². The normalized spacial score (nSPS) is 32.9. The fourth-order valence-corrected chi connectivity index (χ4v) is 4.83. The third kappa shape index (κ3) is 6.00. The molecule has 0 spiro atoms. The van der Waals surface area contributed by atoms with Crippen molar-refractivity contribution in [3.05, 3.63) is 28.5 Å². The van der Waals surface area contributed by atoms with E-state index < -0.39 is 22.9 Å². The van der Waals surface area contributed by atoms with Crippen molar-refractivity contribution in [1.29, 1.82) is 0 Å². The van der Waals surface area contributed by atoms with Gasteiger partial charge in [0.1, 0.15) is 6.10 Å². The molecule has 0 bridgehead atoms. The lowest BCUT2D eigenvalue weighted by Gasteiger charge is -2.34. The minimum atomic E-state index is -4.54. The third-order valence-electron chi connectivity index (χ3n) is 5.85. The van der Waals surface area contributed by atoms with Gasteiger partial charge in [0, 0.05) is 11.9 Å². The lowest BCUT2D eigenvalue weighted by molar-refractivity contribution is -0.160. The molecule has 8 heteroatoms. The number of fused-ring (bicyclic) bond motifs is 1. The standard InChI is InChI=1S/C20H27F3NO3S/c1-13-9-15-10-16(15)12-19(2,11-13)18(25)27-17-5-3-14(4-6-17)7-8-24(26)28-20(21,22)23/h9,12-14,17H,3-8,10-11H2,1-2H3/q-1. The Hall–Kier alpha value is -0.990. The first-order valence-corrected chi connectivity index (χ1v) is 10.7. The van der Waals surface area contributed by atoms with Crippen LogP contribution in [-0.4, -0.2) is 28.6 Å². The summed E-state index contributed by atoms with van der Waals surface area (Å²) in [6, 6.07) is 0. The number of allylic oxidation sites excluding steroid dienone is 3. The maximum Gasteiger partial charge on any atom is 0.455 e. The number of rotatable bonds is 6. The second kappa shape index (κ2) is 8.40. The van der Waals surface area contributed by atoms with E-state index in [4.69, 9.17) is 4.74 Å². The number of hydrogen-bond acceptors (Lipinski definition) is 5. The highest BCUT2D eigenvalue weighted by atomic mass is 32.2. The molecule has 0 N–H and O–H groups in total. The van der Waals surface area contributed by atoms with Gasteiger partial charge in [0.05, 0.1) is 5.41 Å². The summed E-state index contributed by atoms with van der Waals surface area (Å²) >= 11 is -0.626. The zero-order valence-electron chi connectivity index (χ0n) is 16.3. The summed E-state index contributed by atoms with van der Waals surface area (Å²) < 4.78 is 42.3. The van der Waals surface area contributed by atoms with Crippen LogP contribution in [0.3, 0.4) is 0 Å². The largest absolute Gasteiger partial charge is 0.775 e. The van der Waals surface area contributed by atoms with Gasteiger partial charge in [-0.1, -0.05) is 19.1 Å². The molecule has 0 radical (unpaired) electrons. The zero-order chi connectivity index (χ0) is 20.5. The molecule has 2 saturated carbocycles. The van der Waals surface area contributed by atoms with E-state index in [1.54, 1.807) is 0 Å². The molecular formula is C20H27F3NO3S-. The fraction of sp³-hybridized carbons (Fsp3) is 0.750. The van der Waals surface area contributed by atoms with Gasteiger partial charge < -0.3 is 14.4 Å². The average Bonchev–Trinajstić information content (AvgIpc) is 3.29. The van der Waals surface area contributed by atoms with Crippen molar-refractivity contribution in [2.45, 2.75) is 70.4 Å². The van der Waals surface area contributed by atoms with E-state index >= 15 is 0 Å². The van der Waals surface area contributed by atoms with Gasteiger partial charge in [0.15, 0.2) is 0 Å². The van der Waals surface area contributed by atoms with Gasteiger partial charge in [-0.15, -0.1) is 0 Å². The topological polar surface area (TPSA) is 52.6 Å². The predicted octanol–water partition coefficient (Wildman–Crippen LogP) is 5.75. The summed E-state index contributed by atoms with van der Waals surface area (Å²) in [4.78, 5) is 12.8. The van der Waals surface area contributed by atoms with Crippen LogP contribution in [-0.2, 0) is 9.53 Å². The second-order valence-corrected chi connectivity index (χ2v) is 9.62. The van der Waals surface area contributed by atoms with Gasteiger partial charge in [-0.3, -0.25) is 4.79 Å². The van der Waals surface area contributed by atoms with Gasteiger partial charge in [0.2, 0.25) is 0 Å². The molecule has 3 rings (SSSR count). The highest BCUT2D eigenvalue weighted by Crippen LogP contribution is 2.47. The predicted molar refractivity (Wildman–Crippen MR) is 103 cm³/mol. The molecule has 2 unspecified atom stereocenters. The van der Waals surface area contributed by atoms with Crippen LogP contribution in [0.25, 0.3) is 0 Å². The van der Waals surface area contributed by atoms with Crippen molar-refractivity contribution in [3.8, 4) is 0 Å². The van der Waals surface area contributed by atoms with E-state index in [0.717, 1.165) is 25.7 Å². The summed E-state index contributed by atoms with van der Waals surface area (Å²) in [5.74, 6) is 0.363.